The average molecular weight is 245 g/mol. The van der Waals surface area contributed by atoms with Crippen LogP contribution in [0.4, 0.5) is 0 Å². The number of carbonyl (C=O) groups is 1. The molecule has 0 aromatic heterocycles. The predicted molar refractivity (Wildman–Crippen MR) is 51.5 cm³/mol. The first kappa shape index (κ1) is 10.2. The van der Waals surface area contributed by atoms with Crippen LogP contribution in [-0.4, -0.2) is 17.2 Å². The highest BCUT2D eigenvalue weighted by Crippen LogP contribution is 2.23. The molecule has 0 aliphatic heterocycles. The fraction of sp³-hybridized carbons (Fsp3) is 0.222. The van der Waals surface area contributed by atoms with E-state index in [0.29, 0.717) is 10.2 Å². The summed E-state index contributed by atoms with van der Waals surface area (Å²) in [5, 5.41) is 8.88. The summed E-state index contributed by atoms with van der Waals surface area (Å²) >= 11 is 3.22. The maximum atomic E-state index is 11.0. The van der Waals surface area contributed by atoms with Gasteiger partial charge in [0.25, 0.3) is 0 Å². The number of aliphatic hydroxyl groups is 1. The lowest BCUT2D eigenvalue weighted by Crippen LogP contribution is -2.22. The smallest absolute Gasteiger partial charge is 0.340 e. The number of hydrogen-bond acceptors (Lipinski definition) is 3. The Hall–Kier alpha value is -0.870. The minimum atomic E-state index is -1.10. The predicted octanol–water partition coefficient (Wildman–Crippen LogP) is 1.74. The number of ether oxygens (including phenoxy) is 1. The molecule has 13 heavy (non-hydrogen) atoms. The molecule has 4 heteroatoms. The maximum absolute atomic E-state index is 11.0. The molecule has 0 heterocycles. The molecule has 0 saturated carbocycles. The molecule has 0 fully saturated rings. The van der Waals surface area contributed by atoms with Gasteiger partial charge in [0.15, 0.2) is 0 Å². The van der Waals surface area contributed by atoms with E-state index >= 15 is 0 Å². The van der Waals surface area contributed by atoms with Crippen LogP contribution in [0.2, 0.25) is 0 Å². The van der Waals surface area contributed by atoms with E-state index in [0.717, 1.165) is 0 Å². The number of aliphatic hydroxyl groups excluding tert-OH is 1. The number of carbonyl (C=O) groups excluding carboxylic acids is 1. The van der Waals surface area contributed by atoms with Gasteiger partial charge in [-0.25, -0.2) is 4.79 Å². The van der Waals surface area contributed by atoms with Crippen LogP contribution in [0.15, 0.2) is 28.7 Å². The van der Waals surface area contributed by atoms with E-state index in [-0.39, 0.29) is 0 Å². The van der Waals surface area contributed by atoms with Crippen molar-refractivity contribution >= 4 is 21.9 Å². The molecular formula is C9H9BrO3. The fourth-order valence-electron chi connectivity index (χ4n) is 0.721. The van der Waals surface area contributed by atoms with Crippen LogP contribution in [-0.2, 0) is 4.79 Å². The zero-order chi connectivity index (χ0) is 9.84. The van der Waals surface area contributed by atoms with Crippen molar-refractivity contribution in [2.45, 2.75) is 13.0 Å². The molecule has 0 bridgehead atoms. The van der Waals surface area contributed by atoms with Gasteiger partial charge in [-0.05, 0) is 35.0 Å². The van der Waals surface area contributed by atoms with Gasteiger partial charge in [0.05, 0.1) is 4.47 Å². The molecule has 1 unspecified atom stereocenters. The van der Waals surface area contributed by atoms with Crippen molar-refractivity contribution in [2.75, 3.05) is 0 Å². The minimum absolute atomic E-state index is 0.411. The third-order valence-corrected chi connectivity index (χ3v) is 2.04. The van der Waals surface area contributed by atoms with Crippen LogP contribution in [0, 0.1) is 0 Å². The Balaban J connectivity index is 2.75. The molecule has 0 aliphatic carbocycles. The van der Waals surface area contributed by atoms with E-state index in [1.165, 1.54) is 6.92 Å². The van der Waals surface area contributed by atoms with Crippen LogP contribution >= 0.6 is 15.9 Å². The third-order valence-electron chi connectivity index (χ3n) is 1.39. The highest BCUT2D eigenvalue weighted by Gasteiger charge is 2.12. The molecule has 1 aromatic carbocycles. The summed E-state index contributed by atoms with van der Waals surface area (Å²) in [4.78, 5) is 11.0. The molecule has 1 rings (SSSR count). The monoisotopic (exact) mass is 244 g/mol. The van der Waals surface area contributed by atoms with Crippen molar-refractivity contribution in [1.82, 2.24) is 0 Å². The topological polar surface area (TPSA) is 46.5 Å². The first-order chi connectivity index (χ1) is 6.11. The Morgan fingerprint density at radius 1 is 1.54 bits per heavy atom. The Bertz CT molecular complexity index is 309. The second-order valence-electron chi connectivity index (χ2n) is 2.53. The Labute approximate surface area is 84.5 Å². The SMILES string of the molecule is CC(O)C(=O)Oc1ccccc1Br. The molecule has 1 N–H and O–H groups in total. The highest BCUT2D eigenvalue weighted by molar-refractivity contribution is 9.10. The molecule has 0 saturated heterocycles. The van der Waals surface area contributed by atoms with E-state index < -0.39 is 12.1 Å². The number of rotatable bonds is 2. The summed E-state index contributed by atoms with van der Waals surface area (Å²) < 4.78 is 5.56. The molecule has 70 valence electrons. The standard InChI is InChI=1S/C9H9BrO3/c1-6(11)9(12)13-8-5-3-2-4-7(8)10/h2-6,11H,1H3. The Morgan fingerprint density at radius 3 is 2.69 bits per heavy atom. The number of para-hydroxylation sites is 1. The van der Waals surface area contributed by atoms with Gasteiger partial charge in [-0.2, -0.15) is 0 Å². The van der Waals surface area contributed by atoms with Crippen LogP contribution in [0.25, 0.3) is 0 Å². The van der Waals surface area contributed by atoms with Crippen LogP contribution < -0.4 is 4.74 Å². The van der Waals surface area contributed by atoms with Gasteiger partial charge >= 0.3 is 5.97 Å². The summed E-state index contributed by atoms with van der Waals surface area (Å²) in [7, 11) is 0. The van der Waals surface area contributed by atoms with Crippen molar-refractivity contribution in [3.63, 3.8) is 0 Å². The van der Waals surface area contributed by atoms with Crippen LogP contribution in [0.5, 0.6) is 5.75 Å². The lowest BCUT2D eigenvalue weighted by Gasteiger charge is -2.06. The summed E-state index contributed by atoms with van der Waals surface area (Å²) in [5.41, 5.74) is 0. The molecule has 3 nitrogen and oxygen atoms in total. The molecular weight excluding hydrogens is 236 g/mol. The number of hydrogen-bond donors (Lipinski definition) is 1. The highest BCUT2D eigenvalue weighted by atomic mass is 79.9. The summed E-state index contributed by atoms with van der Waals surface area (Å²) in [6.45, 7) is 1.36. The number of halogens is 1. The van der Waals surface area contributed by atoms with E-state index in [1.54, 1.807) is 18.2 Å². The van der Waals surface area contributed by atoms with Crippen LogP contribution in [0.3, 0.4) is 0 Å². The first-order valence-corrected chi connectivity index (χ1v) is 4.55. The molecule has 0 spiro atoms. The van der Waals surface area contributed by atoms with Gasteiger partial charge in [-0.1, -0.05) is 12.1 Å². The third kappa shape index (κ3) is 2.82. The lowest BCUT2D eigenvalue weighted by atomic mass is 10.3. The van der Waals surface area contributed by atoms with Crippen molar-refractivity contribution in [1.29, 1.82) is 0 Å². The van der Waals surface area contributed by atoms with Crippen molar-refractivity contribution in [3.05, 3.63) is 28.7 Å². The first-order valence-electron chi connectivity index (χ1n) is 3.75. The van der Waals surface area contributed by atoms with Crippen LogP contribution in [0.1, 0.15) is 6.92 Å². The maximum Gasteiger partial charge on any atom is 0.340 e. The lowest BCUT2D eigenvalue weighted by molar-refractivity contribution is -0.142. The summed E-state index contributed by atoms with van der Waals surface area (Å²) in [6.07, 6.45) is -1.10. The average Bonchev–Trinajstić information content (AvgIpc) is 2.08. The summed E-state index contributed by atoms with van der Waals surface area (Å²) in [6, 6.07) is 6.95. The van der Waals surface area contributed by atoms with E-state index in [2.05, 4.69) is 15.9 Å². The van der Waals surface area contributed by atoms with Gasteiger partial charge in [0.2, 0.25) is 0 Å². The van der Waals surface area contributed by atoms with Gasteiger partial charge in [-0.15, -0.1) is 0 Å². The largest absolute Gasteiger partial charge is 0.423 e. The second kappa shape index (κ2) is 4.39. The Morgan fingerprint density at radius 2 is 2.15 bits per heavy atom. The molecule has 0 radical (unpaired) electrons. The van der Waals surface area contributed by atoms with Crippen molar-refractivity contribution in [3.8, 4) is 5.75 Å². The van der Waals surface area contributed by atoms with Gasteiger partial charge in [0.1, 0.15) is 11.9 Å². The Kier molecular flexibility index (Phi) is 3.45. The van der Waals surface area contributed by atoms with E-state index in [1.807, 2.05) is 6.07 Å². The fourth-order valence-corrected chi connectivity index (χ4v) is 1.09. The van der Waals surface area contributed by atoms with E-state index in [4.69, 9.17) is 9.84 Å². The molecule has 0 aliphatic rings. The van der Waals surface area contributed by atoms with Crippen molar-refractivity contribution in [2.24, 2.45) is 0 Å². The van der Waals surface area contributed by atoms with E-state index in [9.17, 15) is 4.79 Å². The zero-order valence-electron chi connectivity index (χ0n) is 7.03. The molecule has 0 amide bonds. The molecule has 1 aromatic rings. The van der Waals surface area contributed by atoms with Crippen molar-refractivity contribution < 1.29 is 14.6 Å². The summed E-state index contributed by atoms with van der Waals surface area (Å²) in [5.74, 6) is -0.250. The number of esters is 1. The van der Waals surface area contributed by atoms with Gasteiger partial charge < -0.3 is 9.84 Å². The zero-order valence-corrected chi connectivity index (χ0v) is 8.61. The second-order valence-corrected chi connectivity index (χ2v) is 3.38. The normalized spacial score (nSPS) is 12.2. The molecule has 1 atom stereocenters. The number of benzene rings is 1. The van der Waals surface area contributed by atoms with Gasteiger partial charge in [-0.3, -0.25) is 0 Å². The quantitative estimate of drug-likeness (QED) is 0.637. The van der Waals surface area contributed by atoms with Gasteiger partial charge in [0, 0.05) is 0 Å². The minimum Gasteiger partial charge on any atom is -0.423 e.